The van der Waals surface area contributed by atoms with E-state index in [-0.39, 0.29) is 11.8 Å². The molecule has 0 N–H and O–H groups in total. The third-order valence-electron chi connectivity index (χ3n) is 5.83. The number of nitrogens with zero attached hydrogens (tertiary/aromatic N) is 1. The Hall–Kier alpha value is -4.12. The molecule has 0 saturated carbocycles. The molecule has 0 unspecified atom stereocenters. The fourth-order valence-electron chi connectivity index (χ4n) is 4.17. The Morgan fingerprint density at radius 2 is 1.06 bits per heavy atom. The van der Waals surface area contributed by atoms with E-state index in [0.29, 0.717) is 53.2 Å². The minimum absolute atomic E-state index is 0.296. The van der Waals surface area contributed by atoms with E-state index in [0.717, 1.165) is 11.1 Å². The normalized spacial score (nSPS) is 12.8. The molecule has 5 nitrogen and oxygen atoms in total. The molecule has 5 rings (SSSR count). The zero-order chi connectivity index (χ0) is 22.8. The molecule has 1 aliphatic rings. The van der Waals surface area contributed by atoms with E-state index in [2.05, 4.69) is 0 Å². The SMILES string of the molecule is CCN1C(=O)c2ccc(OCc3ccccc3)c3c(OCc4ccccc4)ccc(c23)C1=O. The number of benzene rings is 4. The van der Waals surface area contributed by atoms with Crippen molar-refractivity contribution >= 4 is 22.6 Å². The molecular weight excluding hydrogens is 414 g/mol. The van der Waals surface area contributed by atoms with Gasteiger partial charge in [0.1, 0.15) is 24.7 Å². The van der Waals surface area contributed by atoms with Crippen molar-refractivity contribution < 1.29 is 19.1 Å². The maximum absolute atomic E-state index is 13.0. The topological polar surface area (TPSA) is 55.8 Å². The third-order valence-corrected chi connectivity index (χ3v) is 5.83. The van der Waals surface area contributed by atoms with E-state index in [1.165, 1.54) is 4.90 Å². The summed E-state index contributed by atoms with van der Waals surface area (Å²) >= 11 is 0. The van der Waals surface area contributed by atoms with E-state index < -0.39 is 0 Å². The summed E-state index contributed by atoms with van der Waals surface area (Å²) in [4.78, 5) is 27.4. The van der Waals surface area contributed by atoms with Crippen LogP contribution in [0.3, 0.4) is 0 Å². The first-order valence-electron chi connectivity index (χ1n) is 11.0. The van der Waals surface area contributed by atoms with E-state index in [1.807, 2.05) is 60.7 Å². The summed E-state index contributed by atoms with van der Waals surface area (Å²) in [7, 11) is 0. The highest BCUT2D eigenvalue weighted by Gasteiger charge is 2.33. The van der Waals surface area contributed by atoms with Gasteiger partial charge in [-0.05, 0) is 42.3 Å². The van der Waals surface area contributed by atoms with Crippen molar-refractivity contribution in [2.24, 2.45) is 0 Å². The largest absolute Gasteiger partial charge is 0.488 e. The Balaban J connectivity index is 1.61. The van der Waals surface area contributed by atoms with Gasteiger partial charge in [-0.25, -0.2) is 0 Å². The molecule has 0 bridgehead atoms. The monoisotopic (exact) mass is 437 g/mol. The van der Waals surface area contributed by atoms with Gasteiger partial charge in [-0.2, -0.15) is 0 Å². The molecule has 1 heterocycles. The van der Waals surface area contributed by atoms with Gasteiger partial charge in [0.2, 0.25) is 0 Å². The Bertz CT molecular complexity index is 1230. The van der Waals surface area contributed by atoms with E-state index in [9.17, 15) is 9.59 Å². The van der Waals surface area contributed by atoms with Crippen LogP contribution in [0.2, 0.25) is 0 Å². The van der Waals surface area contributed by atoms with Gasteiger partial charge < -0.3 is 9.47 Å². The van der Waals surface area contributed by atoms with Crippen LogP contribution in [0, 0.1) is 0 Å². The second-order valence-electron chi connectivity index (χ2n) is 7.88. The second kappa shape index (κ2) is 8.79. The first kappa shape index (κ1) is 20.8. The molecule has 2 amide bonds. The van der Waals surface area contributed by atoms with Crippen LogP contribution in [-0.4, -0.2) is 23.3 Å². The quantitative estimate of drug-likeness (QED) is 0.353. The highest BCUT2D eigenvalue weighted by Crippen LogP contribution is 2.41. The van der Waals surface area contributed by atoms with E-state index in [1.54, 1.807) is 31.2 Å². The molecule has 0 aliphatic carbocycles. The summed E-state index contributed by atoms with van der Waals surface area (Å²) in [6.07, 6.45) is 0. The molecule has 1 aliphatic heterocycles. The Labute approximate surface area is 192 Å². The van der Waals surface area contributed by atoms with Crippen LogP contribution in [0.5, 0.6) is 11.5 Å². The van der Waals surface area contributed by atoms with Gasteiger partial charge in [0.05, 0.1) is 5.39 Å². The first-order valence-corrected chi connectivity index (χ1v) is 11.0. The van der Waals surface area contributed by atoms with Crippen molar-refractivity contribution in [3.05, 3.63) is 107 Å². The fraction of sp³-hybridized carbons (Fsp3) is 0.143. The lowest BCUT2D eigenvalue weighted by atomic mass is 9.93. The highest BCUT2D eigenvalue weighted by atomic mass is 16.5. The van der Waals surface area contributed by atoms with Crippen molar-refractivity contribution in [2.75, 3.05) is 6.54 Å². The van der Waals surface area contributed by atoms with Crippen LogP contribution >= 0.6 is 0 Å². The molecule has 0 atom stereocenters. The lowest BCUT2D eigenvalue weighted by Gasteiger charge is -2.27. The number of rotatable bonds is 7. The van der Waals surface area contributed by atoms with Gasteiger partial charge in [-0.3, -0.25) is 14.5 Å². The lowest BCUT2D eigenvalue weighted by molar-refractivity contribution is 0.0619. The van der Waals surface area contributed by atoms with Gasteiger partial charge in [-0.1, -0.05) is 60.7 Å². The lowest BCUT2D eigenvalue weighted by Crippen LogP contribution is -2.40. The number of hydrogen-bond donors (Lipinski definition) is 0. The summed E-state index contributed by atoms with van der Waals surface area (Å²) in [5, 5.41) is 1.24. The van der Waals surface area contributed by atoms with Crippen molar-refractivity contribution in [3.63, 3.8) is 0 Å². The van der Waals surface area contributed by atoms with Crippen molar-refractivity contribution in [1.82, 2.24) is 4.90 Å². The van der Waals surface area contributed by atoms with Gasteiger partial charge in [-0.15, -0.1) is 0 Å². The Kier molecular flexibility index (Phi) is 5.53. The summed E-state index contributed by atoms with van der Waals surface area (Å²) in [6, 6.07) is 26.8. The Morgan fingerprint density at radius 3 is 1.48 bits per heavy atom. The zero-order valence-electron chi connectivity index (χ0n) is 18.3. The summed E-state index contributed by atoms with van der Waals surface area (Å²) in [6.45, 7) is 2.84. The Morgan fingerprint density at radius 1 is 0.606 bits per heavy atom. The van der Waals surface area contributed by atoms with Crippen LogP contribution in [0.25, 0.3) is 10.8 Å². The second-order valence-corrected chi connectivity index (χ2v) is 7.88. The number of hydrogen-bond acceptors (Lipinski definition) is 4. The van der Waals surface area contributed by atoms with Crippen LogP contribution in [0.1, 0.15) is 38.8 Å². The maximum Gasteiger partial charge on any atom is 0.261 e. The highest BCUT2D eigenvalue weighted by molar-refractivity contribution is 6.26. The molecular formula is C28H23NO4. The predicted octanol–water partition coefficient (Wildman–Crippen LogP) is 5.61. The van der Waals surface area contributed by atoms with Crippen LogP contribution in [0.4, 0.5) is 0 Å². The van der Waals surface area contributed by atoms with Crippen LogP contribution < -0.4 is 9.47 Å². The van der Waals surface area contributed by atoms with E-state index >= 15 is 0 Å². The predicted molar refractivity (Wildman–Crippen MR) is 127 cm³/mol. The molecule has 4 aromatic carbocycles. The molecule has 0 fully saturated rings. The molecule has 0 aromatic heterocycles. The number of imide groups is 1. The van der Waals surface area contributed by atoms with Gasteiger partial charge >= 0.3 is 0 Å². The number of carbonyl (C=O) groups excluding carboxylic acids is 2. The first-order chi connectivity index (χ1) is 16.2. The average Bonchev–Trinajstić information content (AvgIpc) is 2.86. The zero-order valence-corrected chi connectivity index (χ0v) is 18.3. The molecule has 33 heavy (non-hydrogen) atoms. The molecule has 0 radical (unpaired) electrons. The standard InChI is InChI=1S/C28H23NO4/c1-2-29-27(30)21-13-15-23(32-17-19-9-5-3-6-10-19)26-24(16-14-22(25(21)26)28(29)31)33-18-20-11-7-4-8-12-20/h3-16H,2,17-18H2,1H3. The number of carbonyl (C=O) groups is 2. The third kappa shape index (κ3) is 3.82. The smallest absolute Gasteiger partial charge is 0.261 e. The average molecular weight is 437 g/mol. The van der Waals surface area contributed by atoms with Crippen molar-refractivity contribution in [3.8, 4) is 11.5 Å². The van der Waals surface area contributed by atoms with Gasteiger partial charge in [0.25, 0.3) is 11.8 Å². The van der Waals surface area contributed by atoms with Crippen LogP contribution in [-0.2, 0) is 13.2 Å². The molecule has 0 saturated heterocycles. The van der Waals surface area contributed by atoms with Crippen molar-refractivity contribution in [1.29, 1.82) is 0 Å². The fourth-order valence-corrected chi connectivity index (χ4v) is 4.17. The van der Waals surface area contributed by atoms with Gasteiger partial charge in [0.15, 0.2) is 0 Å². The van der Waals surface area contributed by atoms with E-state index in [4.69, 9.17) is 9.47 Å². The minimum Gasteiger partial charge on any atom is -0.488 e. The molecule has 5 heteroatoms. The van der Waals surface area contributed by atoms with Gasteiger partial charge in [0, 0.05) is 23.1 Å². The number of amides is 2. The summed E-state index contributed by atoms with van der Waals surface area (Å²) in [5.74, 6) is 0.561. The molecule has 4 aromatic rings. The van der Waals surface area contributed by atoms with Crippen molar-refractivity contribution in [2.45, 2.75) is 20.1 Å². The molecule has 0 spiro atoms. The van der Waals surface area contributed by atoms with Crippen LogP contribution in [0.15, 0.2) is 84.9 Å². The number of ether oxygens (including phenoxy) is 2. The summed E-state index contributed by atoms with van der Waals surface area (Å²) in [5.41, 5.74) is 3.01. The minimum atomic E-state index is -0.296. The maximum atomic E-state index is 13.0. The summed E-state index contributed by atoms with van der Waals surface area (Å²) < 4.78 is 12.4. The molecule has 164 valence electrons.